The molecule has 2 N–H and O–H groups in total. The van der Waals surface area contributed by atoms with Crippen LogP contribution in [0.3, 0.4) is 0 Å². The van der Waals surface area contributed by atoms with Gasteiger partial charge in [-0.1, -0.05) is 6.07 Å². The summed E-state index contributed by atoms with van der Waals surface area (Å²) in [6, 6.07) is 6.91. The first-order valence-electron chi connectivity index (χ1n) is 7.82. The summed E-state index contributed by atoms with van der Waals surface area (Å²) in [4.78, 5) is 15.6. The van der Waals surface area contributed by atoms with Crippen LogP contribution in [-0.4, -0.2) is 29.1 Å². The highest BCUT2D eigenvalue weighted by Gasteiger charge is 2.17. The van der Waals surface area contributed by atoms with Gasteiger partial charge in [0, 0.05) is 40.7 Å². The summed E-state index contributed by atoms with van der Waals surface area (Å²) in [6.45, 7) is 1.43. The van der Waals surface area contributed by atoms with Crippen LogP contribution in [0.2, 0.25) is 0 Å². The van der Waals surface area contributed by atoms with E-state index in [-0.39, 0.29) is 37.0 Å². The van der Waals surface area contributed by atoms with Gasteiger partial charge < -0.3 is 14.8 Å². The van der Waals surface area contributed by atoms with E-state index in [4.69, 9.17) is 9.84 Å². The molecule has 0 spiro atoms. The van der Waals surface area contributed by atoms with Crippen molar-refractivity contribution in [3.05, 3.63) is 64.9 Å². The predicted molar refractivity (Wildman–Crippen MR) is 90.0 cm³/mol. The maximum atomic E-state index is 13.6. The average Bonchev–Trinajstić information content (AvgIpc) is 2.98. The third kappa shape index (κ3) is 3.53. The number of halogens is 2. The molecule has 2 aromatic carbocycles. The van der Waals surface area contributed by atoms with Crippen molar-refractivity contribution in [3.63, 3.8) is 0 Å². The number of aromatic amines is 1. The molecule has 0 saturated heterocycles. The highest BCUT2D eigenvalue weighted by molar-refractivity contribution is 6.08. The van der Waals surface area contributed by atoms with Gasteiger partial charge in [0.15, 0.2) is 5.78 Å². The van der Waals surface area contributed by atoms with Crippen molar-refractivity contribution in [2.24, 2.45) is 0 Å². The molecule has 0 aliphatic rings. The van der Waals surface area contributed by atoms with E-state index in [9.17, 15) is 13.6 Å². The fraction of sp³-hybridized carbons (Fsp3) is 0.211. The summed E-state index contributed by atoms with van der Waals surface area (Å²) in [5.41, 5.74) is 1.96. The van der Waals surface area contributed by atoms with E-state index in [1.54, 1.807) is 19.2 Å². The third-order valence-electron chi connectivity index (χ3n) is 3.99. The van der Waals surface area contributed by atoms with Crippen LogP contribution in [0, 0.1) is 18.6 Å². The number of aromatic nitrogens is 1. The van der Waals surface area contributed by atoms with Gasteiger partial charge in [-0.25, -0.2) is 8.78 Å². The number of ketones is 1. The van der Waals surface area contributed by atoms with Gasteiger partial charge in [-0.3, -0.25) is 4.79 Å². The van der Waals surface area contributed by atoms with Crippen LogP contribution in [0.1, 0.15) is 21.5 Å². The molecule has 0 bridgehead atoms. The molecule has 1 aromatic heterocycles. The number of carbonyl (C=O) groups is 1. The maximum Gasteiger partial charge on any atom is 0.169 e. The monoisotopic (exact) mass is 345 g/mol. The molecule has 6 heteroatoms. The molecule has 0 fully saturated rings. The Hall–Kier alpha value is -2.73. The number of Topliss-reactive ketones (excluding diaryl/α,β-unsaturated/α-hetero) is 1. The molecule has 3 aromatic rings. The fourth-order valence-corrected chi connectivity index (χ4v) is 2.71. The summed E-state index contributed by atoms with van der Waals surface area (Å²) in [5, 5.41) is 9.51. The standard InChI is InChI=1S/C19H17F2NO3/c1-11-6-14-15(10-22-17(14)9-16(11)21)18(24)7-12-2-3-13(20)8-19(12)25-5-4-23/h2-3,6,8-10,22-23H,4-5,7H2,1H3. The first-order chi connectivity index (χ1) is 12.0. The second-order valence-electron chi connectivity index (χ2n) is 5.77. The number of H-pyrrole nitrogens is 1. The highest BCUT2D eigenvalue weighted by Crippen LogP contribution is 2.26. The number of benzene rings is 2. The summed E-state index contributed by atoms with van der Waals surface area (Å²) in [5.74, 6) is -0.795. The highest BCUT2D eigenvalue weighted by atomic mass is 19.1. The Bertz CT molecular complexity index is 934. The molecule has 0 amide bonds. The van der Waals surface area contributed by atoms with E-state index in [1.807, 2.05) is 0 Å². The second-order valence-corrected chi connectivity index (χ2v) is 5.77. The Balaban J connectivity index is 1.91. The Labute approximate surface area is 143 Å². The number of nitrogens with one attached hydrogen (secondary N) is 1. The van der Waals surface area contributed by atoms with Crippen LogP contribution in [0.4, 0.5) is 8.78 Å². The number of fused-ring (bicyclic) bond motifs is 1. The molecular formula is C19H17F2NO3. The van der Waals surface area contributed by atoms with Crippen LogP contribution in [0.15, 0.2) is 36.5 Å². The minimum atomic E-state index is -0.484. The minimum Gasteiger partial charge on any atom is -0.491 e. The Morgan fingerprint density at radius 2 is 2.04 bits per heavy atom. The predicted octanol–water partition coefficient (Wildman–Crippen LogP) is 3.55. The average molecular weight is 345 g/mol. The number of carbonyl (C=O) groups excluding carboxylic acids is 1. The van der Waals surface area contributed by atoms with Crippen molar-refractivity contribution in [1.29, 1.82) is 0 Å². The molecule has 0 aliphatic carbocycles. The largest absolute Gasteiger partial charge is 0.491 e. The van der Waals surface area contributed by atoms with Gasteiger partial charge in [0.2, 0.25) is 0 Å². The number of aliphatic hydroxyl groups excluding tert-OH is 1. The number of hydrogen-bond acceptors (Lipinski definition) is 3. The first-order valence-corrected chi connectivity index (χ1v) is 7.82. The number of rotatable bonds is 6. The smallest absolute Gasteiger partial charge is 0.169 e. The lowest BCUT2D eigenvalue weighted by molar-refractivity contribution is 0.0993. The minimum absolute atomic E-state index is 0.00438. The number of ether oxygens (including phenoxy) is 1. The molecular weight excluding hydrogens is 328 g/mol. The van der Waals surface area contributed by atoms with Crippen molar-refractivity contribution >= 4 is 16.7 Å². The molecule has 1 heterocycles. The van der Waals surface area contributed by atoms with E-state index in [0.717, 1.165) is 0 Å². The summed E-state index contributed by atoms with van der Waals surface area (Å²) >= 11 is 0. The van der Waals surface area contributed by atoms with E-state index in [1.165, 1.54) is 24.3 Å². The Kier molecular flexibility index (Phi) is 4.81. The van der Waals surface area contributed by atoms with E-state index < -0.39 is 5.82 Å². The van der Waals surface area contributed by atoms with Gasteiger partial charge in [-0.15, -0.1) is 0 Å². The zero-order valence-corrected chi connectivity index (χ0v) is 13.6. The molecule has 0 aliphatic heterocycles. The number of aliphatic hydroxyl groups is 1. The molecule has 0 radical (unpaired) electrons. The van der Waals surface area contributed by atoms with Crippen molar-refractivity contribution in [2.75, 3.05) is 13.2 Å². The molecule has 25 heavy (non-hydrogen) atoms. The van der Waals surface area contributed by atoms with Crippen LogP contribution < -0.4 is 4.74 Å². The van der Waals surface area contributed by atoms with E-state index in [2.05, 4.69) is 4.98 Å². The zero-order chi connectivity index (χ0) is 18.0. The maximum absolute atomic E-state index is 13.6. The van der Waals surface area contributed by atoms with Gasteiger partial charge in [0.25, 0.3) is 0 Å². The second kappa shape index (κ2) is 7.03. The normalized spacial score (nSPS) is 11.0. The zero-order valence-electron chi connectivity index (χ0n) is 13.6. The lowest BCUT2D eigenvalue weighted by Crippen LogP contribution is -2.08. The van der Waals surface area contributed by atoms with Crippen molar-refractivity contribution in [1.82, 2.24) is 4.98 Å². The van der Waals surface area contributed by atoms with Gasteiger partial charge in [-0.05, 0) is 30.7 Å². The lowest BCUT2D eigenvalue weighted by Gasteiger charge is -2.10. The van der Waals surface area contributed by atoms with Gasteiger partial charge in [-0.2, -0.15) is 0 Å². The quantitative estimate of drug-likeness (QED) is 0.672. The molecule has 0 unspecified atom stereocenters. The SMILES string of the molecule is Cc1cc2c(C(=O)Cc3ccc(F)cc3OCCO)c[nH]c2cc1F. The topological polar surface area (TPSA) is 62.3 Å². The fourth-order valence-electron chi connectivity index (χ4n) is 2.71. The lowest BCUT2D eigenvalue weighted by atomic mass is 10.0. The van der Waals surface area contributed by atoms with Crippen molar-refractivity contribution in [2.45, 2.75) is 13.3 Å². The summed E-state index contributed by atoms with van der Waals surface area (Å²) < 4.78 is 32.4. The van der Waals surface area contributed by atoms with Crippen LogP contribution in [0.25, 0.3) is 10.9 Å². The van der Waals surface area contributed by atoms with E-state index in [0.29, 0.717) is 27.6 Å². The van der Waals surface area contributed by atoms with Crippen LogP contribution >= 0.6 is 0 Å². The molecule has 130 valence electrons. The molecule has 0 saturated carbocycles. The summed E-state index contributed by atoms with van der Waals surface area (Å²) in [7, 11) is 0. The molecule has 4 nitrogen and oxygen atoms in total. The third-order valence-corrected chi connectivity index (χ3v) is 3.99. The Morgan fingerprint density at radius 1 is 1.24 bits per heavy atom. The number of hydrogen-bond donors (Lipinski definition) is 2. The number of aryl methyl sites for hydroxylation is 1. The Morgan fingerprint density at radius 3 is 2.80 bits per heavy atom. The van der Waals surface area contributed by atoms with Crippen LogP contribution in [0.5, 0.6) is 5.75 Å². The van der Waals surface area contributed by atoms with Crippen molar-refractivity contribution < 1.29 is 23.4 Å². The molecule has 0 atom stereocenters. The van der Waals surface area contributed by atoms with Gasteiger partial charge in [0.05, 0.1) is 6.61 Å². The van der Waals surface area contributed by atoms with Crippen LogP contribution in [-0.2, 0) is 6.42 Å². The van der Waals surface area contributed by atoms with Gasteiger partial charge in [0.1, 0.15) is 24.0 Å². The van der Waals surface area contributed by atoms with Gasteiger partial charge >= 0.3 is 0 Å². The van der Waals surface area contributed by atoms with E-state index >= 15 is 0 Å². The summed E-state index contributed by atoms with van der Waals surface area (Å²) in [6.07, 6.45) is 1.55. The first kappa shape index (κ1) is 17.1. The molecule has 3 rings (SSSR count). The van der Waals surface area contributed by atoms with Crippen molar-refractivity contribution in [3.8, 4) is 5.75 Å².